The maximum absolute atomic E-state index is 2.32. The van der Waals surface area contributed by atoms with Crippen LogP contribution >= 0.6 is 7.92 Å². The molecular weight excluding hydrogens is 199 g/mol. The molecule has 0 saturated carbocycles. The fourth-order valence-electron chi connectivity index (χ4n) is 1.99. The number of hydrogen-bond donors (Lipinski definition) is 0. The highest BCUT2D eigenvalue weighted by molar-refractivity contribution is 7.64. The largest absolute Gasteiger partial charge is 0.0810 e. The molecule has 78 valence electrons. The second-order valence-corrected chi connectivity index (χ2v) is 6.50. The molecule has 0 N–H and O–H groups in total. The highest BCUT2D eigenvalue weighted by atomic mass is 31.1. The maximum atomic E-state index is 2.32. The molecule has 1 aliphatic carbocycles. The normalized spacial score (nSPS) is 15.5. The number of allylic oxidation sites excluding steroid dienone is 4. The molecule has 0 heterocycles. The van der Waals surface area contributed by atoms with Crippen LogP contribution in [0.3, 0.4) is 0 Å². The number of rotatable bonds is 2. The Morgan fingerprint density at radius 3 is 2.47 bits per heavy atom. The van der Waals surface area contributed by atoms with Gasteiger partial charge in [-0.15, -0.1) is 0 Å². The lowest BCUT2D eigenvalue weighted by atomic mass is 10.1. The van der Waals surface area contributed by atoms with E-state index < -0.39 is 0 Å². The van der Waals surface area contributed by atoms with Gasteiger partial charge in [-0.3, -0.25) is 0 Å². The lowest BCUT2D eigenvalue weighted by Gasteiger charge is -2.13. The van der Waals surface area contributed by atoms with Gasteiger partial charge >= 0.3 is 0 Å². The summed E-state index contributed by atoms with van der Waals surface area (Å²) in [6.45, 7) is 6.82. The Balaban J connectivity index is 2.41. The molecule has 1 aromatic carbocycles. The minimum Gasteiger partial charge on any atom is -0.0810 e. The second kappa shape index (κ2) is 4.33. The minimum absolute atomic E-state index is 0.0107. The molecule has 0 aliphatic heterocycles. The third kappa shape index (κ3) is 2.21. The first kappa shape index (κ1) is 10.6. The van der Waals surface area contributed by atoms with Crippen molar-refractivity contribution in [2.75, 3.05) is 13.3 Å². The van der Waals surface area contributed by atoms with Crippen molar-refractivity contribution in [3.8, 4) is 0 Å². The molecule has 0 saturated heterocycles. The third-order valence-electron chi connectivity index (χ3n) is 2.78. The fourth-order valence-corrected chi connectivity index (χ4v) is 3.07. The molecule has 0 aromatic heterocycles. The van der Waals surface area contributed by atoms with E-state index >= 15 is 0 Å². The topological polar surface area (TPSA) is 0 Å². The smallest absolute Gasteiger partial charge is 0.00855 e. The molecule has 0 radical (unpaired) electrons. The Bertz CT molecular complexity index is 425. The SMILES string of the molecule is CC1=CCC(c2ccccc2P(C)C)=C1. The Kier molecular flexibility index (Phi) is 3.07. The molecule has 0 atom stereocenters. The summed E-state index contributed by atoms with van der Waals surface area (Å²) in [5.41, 5.74) is 4.34. The van der Waals surface area contributed by atoms with Gasteiger partial charge in [-0.25, -0.2) is 0 Å². The molecule has 15 heavy (non-hydrogen) atoms. The van der Waals surface area contributed by atoms with E-state index in [1.165, 1.54) is 22.0 Å². The van der Waals surface area contributed by atoms with Crippen molar-refractivity contribution < 1.29 is 0 Å². The number of hydrogen-bond acceptors (Lipinski definition) is 0. The van der Waals surface area contributed by atoms with Gasteiger partial charge in [0.15, 0.2) is 0 Å². The van der Waals surface area contributed by atoms with Gasteiger partial charge in [-0.1, -0.05) is 49.9 Å². The first-order chi connectivity index (χ1) is 7.18. The van der Waals surface area contributed by atoms with Crippen LogP contribution in [-0.4, -0.2) is 13.3 Å². The zero-order valence-corrected chi connectivity index (χ0v) is 10.5. The fraction of sp³-hybridized carbons (Fsp3) is 0.286. The van der Waals surface area contributed by atoms with Crippen molar-refractivity contribution in [2.24, 2.45) is 0 Å². The maximum Gasteiger partial charge on any atom is -0.00855 e. The van der Waals surface area contributed by atoms with Crippen molar-refractivity contribution in [3.63, 3.8) is 0 Å². The van der Waals surface area contributed by atoms with Crippen LogP contribution in [0.5, 0.6) is 0 Å². The van der Waals surface area contributed by atoms with Gasteiger partial charge in [0.2, 0.25) is 0 Å². The quantitative estimate of drug-likeness (QED) is 0.660. The summed E-state index contributed by atoms with van der Waals surface area (Å²) in [6, 6.07) is 8.83. The first-order valence-electron chi connectivity index (χ1n) is 5.32. The zero-order valence-electron chi connectivity index (χ0n) is 9.62. The lowest BCUT2D eigenvalue weighted by molar-refractivity contribution is 1.42. The van der Waals surface area contributed by atoms with Crippen molar-refractivity contribution >= 4 is 18.8 Å². The van der Waals surface area contributed by atoms with Crippen LogP contribution in [-0.2, 0) is 0 Å². The van der Waals surface area contributed by atoms with E-state index in [2.05, 4.69) is 56.7 Å². The van der Waals surface area contributed by atoms with E-state index in [0.717, 1.165) is 6.42 Å². The van der Waals surface area contributed by atoms with Crippen LogP contribution < -0.4 is 5.30 Å². The molecule has 1 heteroatoms. The van der Waals surface area contributed by atoms with E-state index in [1.54, 1.807) is 0 Å². The van der Waals surface area contributed by atoms with Crippen molar-refractivity contribution in [1.29, 1.82) is 0 Å². The van der Waals surface area contributed by atoms with Crippen LogP contribution in [0.1, 0.15) is 18.9 Å². The molecule has 0 nitrogen and oxygen atoms in total. The lowest BCUT2D eigenvalue weighted by Crippen LogP contribution is -2.05. The van der Waals surface area contributed by atoms with Crippen LogP contribution in [0.25, 0.3) is 5.57 Å². The zero-order chi connectivity index (χ0) is 10.8. The van der Waals surface area contributed by atoms with Crippen LogP contribution in [0, 0.1) is 0 Å². The van der Waals surface area contributed by atoms with Gasteiger partial charge in [0.25, 0.3) is 0 Å². The highest BCUT2D eigenvalue weighted by Gasteiger charge is 2.11. The molecule has 1 aromatic rings. The van der Waals surface area contributed by atoms with Gasteiger partial charge in [0, 0.05) is 0 Å². The van der Waals surface area contributed by atoms with E-state index in [1.807, 2.05) is 0 Å². The molecule has 0 spiro atoms. The summed E-state index contributed by atoms with van der Waals surface area (Å²) >= 11 is 0. The Morgan fingerprint density at radius 2 is 1.87 bits per heavy atom. The molecule has 2 rings (SSSR count). The van der Waals surface area contributed by atoms with Crippen LogP contribution in [0.2, 0.25) is 0 Å². The predicted molar refractivity (Wildman–Crippen MR) is 71.2 cm³/mol. The van der Waals surface area contributed by atoms with Gasteiger partial charge < -0.3 is 0 Å². The molecule has 1 aliphatic rings. The standard InChI is InChI=1S/C14H17P/c1-11-8-9-12(10-11)13-6-4-5-7-14(13)15(2)3/h4-8,10H,9H2,1-3H3. The molecule has 0 bridgehead atoms. The molecule has 0 amide bonds. The summed E-state index contributed by atoms with van der Waals surface area (Å²) in [7, 11) is -0.0107. The average Bonchev–Trinajstić information content (AvgIpc) is 2.65. The van der Waals surface area contributed by atoms with Gasteiger partial charge in [0.05, 0.1) is 0 Å². The van der Waals surface area contributed by atoms with E-state index in [9.17, 15) is 0 Å². The van der Waals surface area contributed by atoms with E-state index in [4.69, 9.17) is 0 Å². The summed E-state index contributed by atoms with van der Waals surface area (Å²) in [5, 5.41) is 1.53. The monoisotopic (exact) mass is 216 g/mol. The second-order valence-electron chi connectivity index (χ2n) is 4.23. The van der Waals surface area contributed by atoms with Gasteiger partial charge in [-0.05, 0) is 43.1 Å². The van der Waals surface area contributed by atoms with Gasteiger partial charge in [-0.2, -0.15) is 0 Å². The van der Waals surface area contributed by atoms with E-state index in [-0.39, 0.29) is 7.92 Å². The average molecular weight is 216 g/mol. The number of benzene rings is 1. The highest BCUT2D eigenvalue weighted by Crippen LogP contribution is 2.32. The summed E-state index contributed by atoms with van der Waals surface area (Å²) in [5.74, 6) is 0. The first-order valence-corrected chi connectivity index (χ1v) is 7.56. The Hall–Kier alpha value is -0.870. The molecule has 0 unspecified atom stereocenters. The van der Waals surface area contributed by atoms with Crippen LogP contribution in [0.15, 0.2) is 42.0 Å². The molecule has 0 fully saturated rings. The van der Waals surface area contributed by atoms with Crippen molar-refractivity contribution in [2.45, 2.75) is 13.3 Å². The predicted octanol–water partition coefficient (Wildman–Crippen LogP) is 3.79. The van der Waals surface area contributed by atoms with Gasteiger partial charge in [0.1, 0.15) is 0 Å². The Labute approximate surface area is 93.5 Å². The Morgan fingerprint density at radius 1 is 1.13 bits per heavy atom. The van der Waals surface area contributed by atoms with Crippen molar-refractivity contribution in [3.05, 3.63) is 47.6 Å². The molecular formula is C14H17P. The van der Waals surface area contributed by atoms with Crippen LogP contribution in [0.4, 0.5) is 0 Å². The third-order valence-corrected chi connectivity index (χ3v) is 4.13. The summed E-state index contributed by atoms with van der Waals surface area (Å²) < 4.78 is 0. The summed E-state index contributed by atoms with van der Waals surface area (Å²) in [4.78, 5) is 0. The summed E-state index contributed by atoms with van der Waals surface area (Å²) in [6.07, 6.45) is 5.73. The van der Waals surface area contributed by atoms with E-state index in [0.29, 0.717) is 0 Å². The minimum atomic E-state index is -0.0107. The van der Waals surface area contributed by atoms with Crippen molar-refractivity contribution in [1.82, 2.24) is 0 Å².